The molecule has 0 bridgehead atoms. The molecule has 0 radical (unpaired) electrons. The molecular weight excluding hydrogens is 270 g/mol. The van der Waals surface area contributed by atoms with Crippen molar-refractivity contribution in [1.82, 2.24) is 0 Å². The van der Waals surface area contributed by atoms with Crippen LogP contribution >= 0.6 is 0 Å². The maximum absolute atomic E-state index is 12.7. The number of alkyl halides is 6. The van der Waals surface area contributed by atoms with Gasteiger partial charge in [-0.3, -0.25) is 0 Å². The highest BCUT2D eigenvalue weighted by atomic mass is 19.4. The van der Waals surface area contributed by atoms with Crippen LogP contribution < -0.4 is 0 Å². The predicted molar refractivity (Wildman–Crippen MR) is 62.7 cm³/mol. The standard InChI is InChI=1S/C13H22F6/c1-5-9(2)11(4,8-13(17,18)19)10(3)6-7-12(14,15)16/h9-10H,5-8H2,1-4H3. The maximum Gasteiger partial charge on any atom is 0.389 e. The summed E-state index contributed by atoms with van der Waals surface area (Å²) in [6.45, 7) is 6.38. The Morgan fingerprint density at radius 1 is 0.842 bits per heavy atom. The Labute approximate surface area is 110 Å². The van der Waals surface area contributed by atoms with Gasteiger partial charge in [-0.15, -0.1) is 0 Å². The molecule has 19 heavy (non-hydrogen) atoms. The van der Waals surface area contributed by atoms with Crippen LogP contribution in [0.1, 0.15) is 53.4 Å². The van der Waals surface area contributed by atoms with Gasteiger partial charge in [-0.2, -0.15) is 26.3 Å². The van der Waals surface area contributed by atoms with Crippen molar-refractivity contribution in [1.29, 1.82) is 0 Å². The van der Waals surface area contributed by atoms with E-state index in [1.807, 2.05) is 0 Å². The molecule has 0 N–H and O–H groups in total. The average Bonchev–Trinajstić information content (AvgIpc) is 2.20. The lowest BCUT2D eigenvalue weighted by molar-refractivity contribution is -0.175. The van der Waals surface area contributed by atoms with Gasteiger partial charge < -0.3 is 0 Å². The Balaban J connectivity index is 4.93. The first-order valence-electron chi connectivity index (χ1n) is 6.45. The average molecular weight is 292 g/mol. The van der Waals surface area contributed by atoms with Crippen LogP contribution in [-0.4, -0.2) is 12.4 Å². The van der Waals surface area contributed by atoms with Crippen LogP contribution in [0.4, 0.5) is 26.3 Å². The first-order valence-corrected chi connectivity index (χ1v) is 6.45. The van der Waals surface area contributed by atoms with Crippen molar-refractivity contribution in [2.45, 2.75) is 65.7 Å². The topological polar surface area (TPSA) is 0 Å². The molecule has 0 nitrogen and oxygen atoms in total. The minimum Gasteiger partial charge on any atom is -0.171 e. The molecule has 0 aromatic rings. The lowest BCUT2D eigenvalue weighted by Gasteiger charge is -2.41. The van der Waals surface area contributed by atoms with E-state index < -0.39 is 36.5 Å². The highest BCUT2D eigenvalue weighted by molar-refractivity contribution is 4.87. The molecule has 0 rings (SSSR count). The summed E-state index contributed by atoms with van der Waals surface area (Å²) in [5.41, 5.74) is -1.15. The van der Waals surface area contributed by atoms with E-state index in [0.29, 0.717) is 6.42 Å². The van der Waals surface area contributed by atoms with E-state index in [1.165, 1.54) is 13.8 Å². The van der Waals surface area contributed by atoms with Crippen molar-refractivity contribution in [3.05, 3.63) is 0 Å². The molecule has 0 spiro atoms. The second kappa shape index (κ2) is 6.35. The number of hydrogen-bond donors (Lipinski definition) is 0. The van der Waals surface area contributed by atoms with Gasteiger partial charge in [-0.25, -0.2) is 0 Å². The third kappa shape index (κ3) is 6.52. The fourth-order valence-corrected chi connectivity index (χ4v) is 2.44. The Morgan fingerprint density at radius 2 is 1.32 bits per heavy atom. The highest BCUT2D eigenvalue weighted by Crippen LogP contribution is 2.48. The molecule has 0 heterocycles. The smallest absolute Gasteiger partial charge is 0.171 e. The summed E-state index contributed by atoms with van der Waals surface area (Å²) in [6.07, 6.45) is -10.5. The summed E-state index contributed by atoms with van der Waals surface area (Å²) in [5.74, 6) is -0.914. The first-order chi connectivity index (χ1) is 8.32. The number of rotatable bonds is 6. The van der Waals surface area contributed by atoms with Gasteiger partial charge in [0, 0.05) is 12.8 Å². The zero-order valence-corrected chi connectivity index (χ0v) is 11.8. The van der Waals surface area contributed by atoms with Gasteiger partial charge >= 0.3 is 12.4 Å². The normalized spacial score (nSPS) is 19.9. The van der Waals surface area contributed by atoms with Crippen LogP contribution in [0.15, 0.2) is 0 Å². The van der Waals surface area contributed by atoms with Crippen molar-refractivity contribution in [2.24, 2.45) is 17.3 Å². The summed E-state index contributed by atoms with van der Waals surface area (Å²) < 4.78 is 74.6. The lowest BCUT2D eigenvalue weighted by Crippen LogP contribution is -2.37. The molecule has 116 valence electrons. The van der Waals surface area contributed by atoms with E-state index in [4.69, 9.17) is 0 Å². The fourth-order valence-electron chi connectivity index (χ4n) is 2.44. The van der Waals surface area contributed by atoms with Crippen molar-refractivity contribution >= 4 is 0 Å². The molecule has 0 aromatic heterocycles. The van der Waals surface area contributed by atoms with Crippen LogP contribution in [0.5, 0.6) is 0 Å². The highest BCUT2D eigenvalue weighted by Gasteiger charge is 2.45. The van der Waals surface area contributed by atoms with Crippen molar-refractivity contribution < 1.29 is 26.3 Å². The Bertz CT molecular complexity index is 267. The van der Waals surface area contributed by atoms with Crippen LogP contribution in [-0.2, 0) is 0 Å². The first kappa shape index (κ1) is 18.6. The van der Waals surface area contributed by atoms with Gasteiger partial charge in [-0.1, -0.05) is 34.1 Å². The lowest BCUT2D eigenvalue weighted by atomic mass is 9.64. The van der Waals surface area contributed by atoms with Crippen molar-refractivity contribution in [2.75, 3.05) is 0 Å². The quantitative estimate of drug-likeness (QED) is 0.529. The van der Waals surface area contributed by atoms with E-state index in [9.17, 15) is 26.3 Å². The molecule has 6 heteroatoms. The van der Waals surface area contributed by atoms with Crippen molar-refractivity contribution in [3.63, 3.8) is 0 Å². The summed E-state index contributed by atoms with van der Waals surface area (Å²) in [5, 5.41) is 0. The Kier molecular flexibility index (Phi) is 6.21. The van der Waals surface area contributed by atoms with Gasteiger partial charge in [0.15, 0.2) is 0 Å². The van der Waals surface area contributed by atoms with E-state index in [2.05, 4.69) is 0 Å². The van der Waals surface area contributed by atoms with Gasteiger partial charge in [0.2, 0.25) is 0 Å². The number of halogens is 6. The molecule has 0 aliphatic heterocycles. The van der Waals surface area contributed by atoms with E-state index in [0.717, 1.165) is 0 Å². The van der Waals surface area contributed by atoms with Crippen LogP contribution in [0.25, 0.3) is 0 Å². The minimum atomic E-state index is -4.36. The second-order valence-corrected chi connectivity index (χ2v) is 5.66. The van der Waals surface area contributed by atoms with Gasteiger partial charge in [0.25, 0.3) is 0 Å². The van der Waals surface area contributed by atoms with Crippen LogP contribution in [0.3, 0.4) is 0 Å². The van der Waals surface area contributed by atoms with Gasteiger partial charge in [-0.05, 0) is 23.7 Å². The third-order valence-electron chi connectivity index (χ3n) is 4.31. The largest absolute Gasteiger partial charge is 0.389 e. The zero-order chi connectivity index (χ0) is 15.5. The Hall–Kier alpha value is -0.420. The molecule has 3 unspecified atom stereocenters. The Morgan fingerprint density at radius 3 is 1.63 bits per heavy atom. The monoisotopic (exact) mass is 292 g/mol. The molecular formula is C13H22F6. The fraction of sp³-hybridized carbons (Fsp3) is 1.00. The minimum absolute atomic E-state index is 0.263. The third-order valence-corrected chi connectivity index (χ3v) is 4.31. The summed E-state index contributed by atoms with van der Waals surface area (Å²) in [7, 11) is 0. The van der Waals surface area contributed by atoms with Gasteiger partial charge in [0.1, 0.15) is 0 Å². The van der Waals surface area contributed by atoms with Gasteiger partial charge in [0.05, 0.1) is 0 Å². The molecule has 0 fully saturated rings. The summed E-state index contributed by atoms with van der Waals surface area (Å²) in [4.78, 5) is 0. The molecule has 0 saturated carbocycles. The summed E-state index contributed by atoms with van der Waals surface area (Å²) >= 11 is 0. The molecule has 0 aliphatic rings. The van der Waals surface area contributed by atoms with Crippen LogP contribution in [0, 0.1) is 17.3 Å². The predicted octanol–water partition coefficient (Wildman–Crippen LogP) is 5.97. The van der Waals surface area contributed by atoms with E-state index in [-0.39, 0.29) is 12.3 Å². The van der Waals surface area contributed by atoms with E-state index >= 15 is 0 Å². The number of hydrogen-bond acceptors (Lipinski definition) is 0. The van der Waals surface area contributed by atoms with Crippen LogP contribution in [0.2, 0.25) is 0 Å². The molecule has 0 aliphatic carbocycles. The maximum atomic E-state index is 12.7. The second-order valence-electron chi connectivity index (χ2n) is 5.66. The molecule has 0 aromatic carbocycles. The van der Waals surface area contributed by atoms with E-state index in [1.54, 1.807) is 13.8 Å². The summed E-state index contributed by atoms with van der Waals surface area (Å²) in [6, 6.07) is 0. The molecule has 3 atom stereocenters. The zero-order valence-electron chi connectivity index (χ0n) is 11.8. The van der Waals surface area contributed by atoms with Crippen molar-refractivity contribution in [3.8, 4) is 0 Å². The molecule has 0 amide bonds. The SMILES string of the molecule is CCC(C)C(C)(CC(F)(F)F)C(C)CCC(F)(F)F. The molecule has 0 saturated heterocycles.